The van der Waals surface area contributed by atoms with Gasteiger partial charge in [-0.15, -0.1) is 0 Å². The second kappa shape index (κ2) is 9.94. The molecule has 150 valence electrons. The van der Waals surface area contributed by atoms with Gasteiger partial charge >= 0.3 is 0 Å². The van der Waals surface area contributed by atoms with Crippen molar-refractivity contribution in [2.75, 3.05) is 14.2 Å². The van der Waals surface area contributed by atoms with Crippen LogP contribution in [0, 0.1) is 11.3 Å². The second-order valence-corrected chi connectivity index (χ2v) is 6.43. The molecule has 0 spiro atoms. The third-order valence-corrected chi connectivity index (χ3v) is 4.46. The van der Waals surface area contributed by atoms with Crippen LogP contribution in [0.25, 0.3) is 6.08 Å². The van der Waals surface area contributed by atoms with Crippen LogP contribution >= 0.6 is 0 Å². The standard InChI is InChI=1S/C25H21NO4/c1-28-23-5-3-4-20(15-23)24(27)12-8-18-9-13-25(29-2)21(14-18)17-30-22-10-6-19(16-26)7-11-22/h3-15H,17H2,1-2H3/b12-8+. The van der Waals surface area contributed by atoms with Gasteiger partial charge in [0.2, 0.25) is 0 Å². The number of nitrogens with zero attached hydrogens (tertiary/aromatic N) is 1. The molecule has 0 heterocycles. The first-order chi connectivity index (χ1) is 14.6. The number of methoxy groups -OCH3 is 2. The average molecular weight is 399 g/mol. The van der Waals surface area contributed by atoms with Crippen LogP contribution in [0.4, 0.5) is 0 Å². The molecule has 0 atom stereocenters. The highest BCUT2D eigenvalue weighted by Gasteiger charge is 2.07. The first kappa shape index (κ1) is 20.7. The average Bonchev–Trinajstić information content (AvgIpc) is 2.81. The highest BCUT2D eigenvalue weighted by molar-refractivity contribution is 6.07. The molecule has 0 N–H and O–H groups in total. The van der Waals surface area contributed by atoms with E-state index < -0.39 is 0 Å². The lowest BCUT2D eigenvalue weighted by Crippen LogP contribution is -1.99. The minimum absolute atomic E-state index is 0.111. The van der Waals surface area contributed by atoms with Crippen molar-refractivity contribution in [2.45, 2.75) is 6.61 Å². The lowest BCUT2D eigenvalue weighted by atomic mass is 10.1. The Kier molecular flexibility index (Phi) is 6.86. The molecule has 3 rings (SSSR count). The Morgan fingerprint density at radius 1 is 0.967 bits per heavy atom. The van der Waals surface area contributed by atoms with E-state index in [1.165, 1.54) is 6.08 Å². The fourth-order valence-corrected chi connectivity index (χ4v) is 2.85. The quantitative estimate of drug-likeness (QED) is 0.392. The number of hydrogen-bond donors (Lipinski definition) is 0. The smallest absolute Gasteiger partial charge is 0.185 e. The number of benzene rings is 3. The van der Waals surface area contributed by atoms with Crippen LogP contribution < -0.4 is 14.2 Å². The molecule has 0 radical (unpaired) electrons. The number of allylic oxidation sites excluding steroid dienone is 1. The fraction of sp³-hybridized carbons (Fsp3) is 0.120. The summed E-state index contributed by atoms with van der Waals surface area (Å²) in [6.45, 7) is 0.292. The molecule has 3 aromatic rings. The summed E-state index contributed by atoms with van der Waals surface area (Å²) in [5, 5.41) is 8.88. The Morgan fingerprint density at radius 2 is 1.77 bits per heavy atom. The molecule has 0 fully saturated rings. The molecule has 0 aliphatic heterocycles. The zero-order chi connectivity index (χ0) is 21.3. The summed E-state index contributed by atoms with van der Waals surface area (Å²) < 4.78 is 16.4. The number of hydrogen-bond acceptors (Lipinski definition) is 5. The first-order valence-corrected chi connectivity index (χ1v) is 9.29. The molecule has 5 heteroatoms. The number of nitriles is 1. The normalized spacial score (nSPS) is 10.4. The third-order valence-electron chi connectivity index (χ3n) is 4.46. The Labute approximate surface area is 175 Å². The maximum absolute atomic E-state index is 12.4. The minimum atomic E-state index is -0.111. The molecule has 3 aromatic carbocycles. The van der Waals surface area contributed by atoms with E-state index in [9.17, 15) is 4.79 Å². The highest BCUT2D eigenvalue weighted by atomic mass is 16.5. The SMILES string of the molecule is COc1cccc(C(=O)/C=C/c2ccc(OC)c(COc3ccc(C#N)cc3)c2)c1. The molecule has 5 nitrogen and oxygen atoms in total. The first-order valence-electron chi connectivity index (χ1n) is 9.29. The van der Waals surface area contributed by atoms with Crippen LogP contribution in [-0.2, 0) is 6.61 Å². The van der Waals surface area contributed by atoms with Gasteiger partial charge in [-0.25, -0.2) is 0 Å². The predicted octanol–water partition coefficient (Wildman–Crippen LogP) is 5.05. The van der Waals surface area contributed by atoms with Crippen molar-refractivity contribution in [1.29, 1.82) is 5.26 Å². The fourth-order valence-electron chi connectivity index (χ4n) is 2.85. The summed E-state index contributed by atoms with van der Waals surface area (Å²) in [4.78, 5) is 12.4. The summed E-state index contributed by atoms with van der Waals surface area (Å²) in [7, 11) is 3.17. The number of ether oxygens (including phenoxy) is 3. The van der Waals surface area contributed by atoms with E-state index in [4.69, 9.17) is 19.5 Å². The van der Waals surface area contributed by atoms with Gasteiger partial charge in [0, 0.05) is 11.1 Å². The molecule has 0 aromatic heterocycles. The maximum Gasteiger partial charge on any atom is 0.185 e. The number of ketones is 1. The van der Waals surface area contributed by atoms with Gasteiger partial charge in [-0.1, -0.05) is 24.3 Å². The van der Waals surface area contributed by atoms with E-state index in [1.807, 2.05) is 18.2 Å². The van der Waals surface area contributed by atoms with E-state index in [-0.39, 0.29) is 5.78 Å². The van der Waals surface area contributed by atoms with Gasteiger partial charge in [0.05, 0.1) is 25.9 Å². The molecular formula is C25H21NO4. The molecule has 0 bridgehead atoms. The summed E-state index contributed by atoms with van der Waals surface area (Å²) in [6, 6.07) is 21.7. The molecule has 0 amide bonds. The van der Waals surface area contributed by atoms with Gasteiger partial charge in [-0.05, 0) is 60.2 Å². The van der Waals surface area contributed by atoms with Crippen LogP contribution in [0.15, 0.2) is 72.8 Å². The zero-order valence-electron chi connectivity index (χ0n) is 16.8. The Morgan fingerprint density at radius 3 is 2.47 bits per heavy atom. The Bertz CT molecular complexity index is 1090. The topological polar surface area (TPSA) is 68.6 Å². The van der Waals surface area contributed by atoms with Crippen molar-refractivity contribution < 1.29 is 19.0 Å². The number of rotatable bonds is 8. The van der Waals surface area contributed by atoms with E-state index in [0.29, 0.717) is 35.0 Å². The van der Waals surface area contributed by atoms with E-state index in [1.54, 1.807) is 68.8 Å². The minimum Gasteiger partial charge on any atom is -0.497 e. The summed E-state index contributed by atoms with van der Waals surface area (Å²) in [5.74, 6) is 1.88. The molecule has 0 unspecified atom stereocenters. The van der Waals surface area contributed by atoms with E-state index in [2.05, 4.69) is 6.07 Å². The lowest BCUT2D eigenvalue weighted by Gasteiger charge is -2.11. The van der Waals surface area contributed by atoms with Gasteiger partial charge in [0.15, 0.2) is 5.78 Å². The lowest BCUT2D eigenvalue weighted by molar-refractivity contribution is 0.104. The van der Waals surface area contributed by atoms with Gasteiger partial charge < -0.3 is 14.2 Å². The highest BCUT2D eigenvalue weighted by Crippen LogP contribution is 2.23. The second-order valence-electron chi connectivity index (χ2n) is 6.43. The Hall–Kier alpha value is -4.04. The summed E-state index contributed by atoms with van der Waals surface area (Å²) in [5.41, 5.74) is 2.83. The van der Waals surface area contributed by atoms with Crippen molar-refractivity contribution in [3.05, 3.63) is 95.1 Å². The maximum atomic E-state index is 12.4. The van der Waals surface area contributed by atoms with Crippen LogP contribution in [0.1, 0.15) is 27.0 Å². The molecule has 0 saturated heterocycles. The predicted molar refractivity (Wildman–Crippen MR) is 115 cm³/mol. The molecular weight excluding hydrogens is 378 g/mol. The van der Waals surface area contributed by atoms with Gasteiger partial charge in [-0.3, -0.25) is 4.79 Å². The van der Waals surface area contributed by atoms with Crippen molar-refractivity contribution in [3.63, 3.8) is 0 Å². The van der Waals surface area contributed by atoms with Crippen molar-refractivity contribution in [3.8, 4) is 23.3 Å². The molecule has 0 aliphatic carbocycles. The molecule has 30 heavy (non-hydrogen) atoms. The van der Waals surface area contributed by atoms with Crippen LogP contribution in [0.3, 0.4) is 0 Å². The monoisotopic (exact) mass is 399 g/mol. The van der Waals surface area contributed by atoms with Crippen molar-refractivity contribution in [2.24, 2.45) is 0 Å². The largest absolute Gasteiger partial charge is 0.497 e. The van der Waals surface area contributed by atoms with Gasteiger partial charge in [-0.2, -0.15) is 5.26 Å². The number of carbonyl (C=O) groups excluding carboxylic acids is 1. The van der Waals surface area contributed by atoms with Crippen molar-refractivity contribution in [1.82, 2.24) is 0 Å². The van der Waals surface area contributed by atoms with Gasteiger partial charge in [0.1, 0.15) is 23.9 Å². The van der Waals surface area contributed by atoms with E-state index >= 15 is 0 Å². The number of carbonyl (C=O) groups is 1. The summed E-state index contributed by atoms with van der Waals surface area (Å²) >= 11 is 0. The molecule has 0 aliphatic rings. The van der Waals surface area contributed by atoms with Crippen LogP contribution in [-0.4, -0.2) is 20.0 Å². The van der Waals surface area contributed by atoms with Crippen molar-refractivity contribution >= 4 is 11.9 Å². The third kappa shape index (κ3) is 5.27. The van der Waals surface area contributed by atoms with Crippen LogP contribution in [0.2, 0.25) is 0 Å². The summed E-state index contributed by atoms with van der Waals surface area (Å²) in [6.07, 6.45) is 3.29. The van der Waals surface area contributed by atoms with Gasteiger partial charge in [0.25, 0.3) is 0 Å². The Balaban J connectivity index is 1.73. The zero-order valence-corrected chi connectivity index (χ0v) is 16.8. The van der Waals surface area contributed by atoms with E-state index in [0.717, 1.165) is 11.1 Å². The molecule has 0 saturated carbocycles. The van der Waals surface area contributed by atoms with Crippen LogP contribution in [0.5, 0.6) is 17.2 Å².